The van der Waals surface area contributed by atoms with Crippen LogP contribution in [-0.4, -0.2) is 68.2 Å². The lowest BCUT2D eigenvalue weighted by Crippen LogP contribution is -2.55. The number of rotatable bonds is 5. The average molecular weight is 243 g/mol. The van der Waals surface area contributed by atoms with E-state index >= 15 is 0 Å². The molecular formula is C12H25N3O2. The molecule has 17 heavy (non-hydrogen) atoms. The predicted octanol–water partition coefficient (Wildman–Crippen LogP) is -0.0972. The van der Waals surface area contributed by atoms with Gasteiger partial charge in [0.25, 0.3) is 0 Å². The van der Waals surface area contributed by atoms with Gasteiger partial charge in [-0.1, -0.05) is 0 Å². The molecule has 2 atom stereocenters. The van der Waals surface area contributed by atoms with E-state index in [4.69, 9.17) is 10.5 Å². The van der Waals surface area contributed by atoms with Crippen molar-refractivity contribution in [2.45, 2.75) is 31.8 Å². The first-order valence-electron chi connectivity index (χ1n) is 6.29. The summed E-state index contributed by atoms with van der Waals surface area (Å²) in [6.45, 7) is 5.30. The summed E-state index contributed by atoms with van der Waals surface area (Å²) in [4.78, 5) is 16.2. The minimum Gasteiger partial charge on any atom is -0.385 e. The normalized spacial score (nSPS) is 23.8. The van der Waals surface area contributed by atoms with Crippen LogP contribution in [0.25, 0.3) is 0 Å². The fraction of sp³-hybridized carbons (Fsp3) is 0.917. The SMILES string of the molecule is COCCCC(N)C(=O)N1CCN(C)C(C)C1. The maximum atomic E-state index is 12.1. The summed E-state index contributed by atoms with van der Waals surface area (Å²) in [5, 5.41) is 0. The Bertz CT molecular complexity index is 248. The topological polar surface area (TPSA) is 58.8 Å². The molecule has 5 nitrogen and oxygen atoms in total. The van der Waals surface area contributed by atoms with E-state index in [0.29, 0.717) is 19.1 Å². The summed E-state index contributed by atoms with van der Waals surface area (Å²) < 4.78 is 4.96. The highest BCUT2D eigenvalue weighted by atomic mass is 16.5. The molecule has 0 bridgehead atoms. The quantitative estimate of drug-likeness (QED) is 0.685. The third-order valence-electron chi connectivity index (χ3n) is 3.45. The lowest BCUT2D eigenvalue weighted by atomic mass is 10.1. The van der Waals surface area contributed by atoms with E-state index in [2.05, 4.69) is 18.9 Å². The van der Waals surface area contributed by atoms with E-state index in [1.807, 2.05) is 4.90 Å². The highest BCUT2D eigenvalue weighted by molar-refractivity contribution is 5.81. The first-order valence-corrected chi connectivity index (χ1v) is 6.29. The van der Waals surface area contributed by atoms with Gasteiger partial charge in [-0.3, -0.25) is 4.79 Å². The molecule has 0 saturated carbocycles. The zero-order chi connectivity index (χ0) is 12.8. The Hall–Kier alpha value is -0.650. The number of carbonyl (C=O) groups is 1. The second-order valence-corrected chi connectivity index (χ2v) is 4.86. The molecule has 0 aromatic carbocycles. The molecule has 0 spiro atoms. The minimum absolute atomic E-state index is 0.0843. The molecule has 1 amide bonds. The fourth-order valence-corrected chi connectivity index (χ4v) is 2.05. The second-order valence-electron chi connectivity index (χ2n) is 4.86. The number of carbonyl (C=O) groups excluding carboxylic acids is 1. The van der Waals surface area contributed by atoms with E-state index in [1.54, 1.807) is 7.11 Å². The number of piperazine rings is 1. The summed E-state index contributed by atoms with van der Waals surface area (Å²) in [6.07, 6.45) is 1.54. The van der Waals surface area contributed by atoms with Crippen LogP contribution in [0.4, 0.5) is 0 Å². The molecule has 1 saturated heterocycles. The van der Waals surface area contributed by atoms with E-state index in [-0.39, 0.29) is 11.9 Å². The number of methoxy groups -OCH3 is 1. The Balaban J connectivity index is 2.36. The third kappa shape index (κ3) is 4.26. The van der Waals surface area contributed by atoms with Crippen LogP contribution in [0.2, 0.25) is 0 Å². The van der Waals surface area contributed by atoms with Crippen molar-refractivity contribution in [1.82, 2.24) is 9.80 Å². The largest absolute Gasteiger partial charge is 0.385 e. The molecule has 2 N–H and O–H groups in total. The van der Waals surface area contributed by atoms with Crippen LogP contribution < -0.4 is 5.73 Å². The lowest BCUT2D eigenvalue weighted by molar-refractivity contribution is -0.135. The van der Waals surface area contributed by atoms with E-state index in [9.17, 15) is 4.79 Å². The van der Waals surface area contributed by atoms with Gasteiger partial charge in [-0.15, -0.1) is 0 Å². The van der Waals surface area contributed by atoms with Crippen molar-refractivity contribution in [3.63, 3.8) is 0 Å². The van der Waals surface area contributed by atoms with Crippen LogP contribution in [0, 0.1) is 0 Å². The zero-order valence-electron chi connectivity index (χ0n) is 11.2. The minimum atomic E-state index is -0.374. The van der Waals surface area contributed by atoms with Gasteiger partial charge in [0, 0.05) is 39.4 Å². The van der Waals surface area contributed by atoms with Crippen molar-refractivity contribution in [2.24, 2.45) is 5.73 Å². The van der Waals surface area contributed by atoms with Gasteiger partial charge in [0.1, 0.15) is 0 Å². The predicted molar refractivity (Wildman–Crippen MR) is 67.8 cm³/mol. The van der Waals surface area contributed by atoms with Gasteiger partial charge >= 0.3 is 0 Å². The first kappa shape index (κ1) is 14.4. The number of nitrogens with zero attached hydrogens (tertiary/aromatic N) is 2. The van der Waals surface area contributed by atoms with Crippen LogP contribution in [-0.2, 0) is 9.53 Å². The molecular weight excluding hydrogens is 218 g/mol. The maximum Gasteiger partial charge on any atom is 0.239 e. The van der Waals surface area contributed by atoms with Gasteiger partial charge in [0.15, 0.2) is 0 Å². The number of amides is 1. The Morgan fingerprint density at radius 2 is 2.24 bits per heavy atom. The van der Waals surface area contributed by atoms with Gasteiger partial charge in [-0.2, -0.15) is 0 Å². The molecule has 100 valence electrons. The van der Waals surface area contributed by atoms with Crippen molar-refractivity contribution in [2.75, 3.05) is 40.4 Å². The monoisotopic (exact) mass is 243 g/mol. The number of likely N-dealkylation sites (N-methyl/N-ethyl adjacent to an activating group) is 1. The molecule has 0 radical (unpaired) electrons. The number of ether oxygens (including phenoxy) is 1. The molecule has 1 rings (SSSR count). The van der Waals surface area contributed by atoms with Crippen LogP contribution in [0.5, 0.6) is 0 Å². The van der Waals surface area contributed by atoms with Gasteiger partial charge in [0.05, 0.1) is 6.04 Å². The summed E-state index contributed by atoms with van der Waals surface area (Å²) >= 11 is 0. The standard InChI is InChI=1S/C12H25N3O2/c1-10-9-15(7-6-14(10)2)12(16)11(13)5-4-8-17-3/h10-11H,4-9,13H2,1-3H3. The van der Waals surface area contributed by atoms with Gasteiger partial charge < -0.3 is 20.3 Å². The van der Waals surface area contributed by atoms with Gasteiger partial charge in [-0.25, -0.2) is 0 Å². The summed E-state index contributed by atoms with van der Waals surface area (Å²) in [6, 6.07) is 0.0413. The van der Waals surface area contributed by atoms with Gasteiger partial charge in [-0.05, 0) is 26.8 Å². The summed E-state index contributed by atoms with van der Waals surface area (Å²) in [7, 11) is 3.75. The summed E-state index contributed by atoms with van der Waals surface area (Å²) in [5.41, 5.74) is 5.91. The van der Waals surface area contributed by atoms with Crippen molar-refractivity contribution < 1.29 is 9.53 Å². The Kier molecular flexibility index (Phi) is 5.88. The molecule has 0 aromatic rings. The van der Waals surface area contributed by atoms with Crippen LogP contribution in [0.1, 0.15) is 19.8 Å². The van der Waals surface area contributed by atoms with Crippen LogP contribution in [0.3, 0.4) is 0 Å². The molecule has 1 aliphatic heterocycles. The highest BCUT2D eigenvalue weighted by Crippen LogP contribution is 2.09. The number of nitrogens with two attached hydrogens (primary N) is 1. The number of hydrogen-bond donors (Lipinski definition) is 1. The molecule has 5 heteroatoms. The van der Waals surface area contributed by atoms with E-state index < -0.39 is 0 Å². The molecule has 0 aromatic heterocycles. The molecule has 0 aliphatic carbocycles. The van der Waals surface area contributed by atoms with Crippen molar-refractivity contribution in [3.05, 3.63) is 0 Å². The van der Waals surface area contributed by atoms with Crippen molar-refractivity contribution in [3.8, 4) is 0 Å². The first-order chi connectivity index (χ1) is 8.06. The van der Waals surface area contributed by atoms with Gasteiger partial charge in [0.2, 0.25) is 5.91 Å². The van der Waals surface area contributed by atoms with Crippen LogP contribution in [0.15, 0.2) is 0 Å². The Morgan fingerprint density at radius 1 is 1.53 bits per heavy atom. The maximum absolute atomic E-state index is 12.1. The lowest BCUT2D eigenvalue weighted by Gasteiger charge is -2.38. The fourth-order valence-electron chi connectivity index (χ4n) is 2.05. The second kappa shape index (κ2) is 6.93. The van der Waals surface area contributed by atoms with E-state index in [0.717, 1.165) is 26.1 Å². The Morgan fingerprint density at radius 3 is 2.82 bits per heavy atom. The molecule has 1 fully saturated rings. The average Bonchev–Trinajstić information content (AvgIpc) is 2.32. The van der Waals surface area contributed by atoms with Crippen molar-refractivity contribution >= 4 is 5.91 Å². The molecule has 2 unspecified atom stereocenters. The molecule has 1 aliphatic rings. The number of hydrogen-bond acceptors (Lipinski definition) is 4. The third-order valence-corrected chi connectivity index (χ3v) is 3.45. The van der Waals surface area contributed by atoms with E-state index in [1.165, 1.54) is 0 Å². The van der Waals surface area contributed by atoms with Crippen molar-refractivity contribution in [1.29, 1.82) is 0 Å². The highest BCUT2D eigenvalue weighted by Gasteiger charge is 2.27. The molecule has 1 heterocycles. The summed E-state index contributed by atoms with van der Waals surface area (Å²) in [5.74, 6) is 0.0843. The Labute approximate surface area is 104 Å². The zero-order valence-corrected chi connectivity index (χ0v) is 11.2. The van der Waals surface area contributed by atoms with Crippen LogP contribution >= 0.6 is 0 Å². The smallest absolute Gasteiger partial charge is 0.239 e.